The summed E-state index contributed by atoms with van der Waals surface area (Å²) in [7, 11) is 1.63. The summed E-state index contributed by atoms with van der Waals surface area (Å²) >= 11 is 0. The Hall–Kier alpha value is -1.53. The standard InChI is InChI=1S/C14H21N3O3/c1-7-20-12(18)9-8-15-10-11(16-9)14(4,5)17(19-6)13(10,2)3/h8H,7H2,1-6H3. The van der Waals surface area contributed by atoms with E-state index in [-0.39, 0.29) is 5.69 Å². The highest BCUT2D eigenvalue weighted by Crippen LogP contribution is 2.47. The van der Waals surface area contributed by atoms with Gasteiger partial charge in [0, 0.05) is 0 Å². The molecule has 6 nitrogen and oxygen atoms in total. The number of nitrogens with zero attached hydrogens (tertiary/aromatic N) is 3. The summed E-state index contributed by atoms with van der Waals surface area (Å²) < 4.78 is 4.97. The Morgan fingerprint density at radius 2 is 1.85 bits per heavy atom. The molecule has 1 aromatic heterocycles. The van der Waals surface area contributed by atoms with Crippen molar-refractivity contribution in [2.45, 2.75) is 45.7 Å². The van der Waals surface area contributed by atoms with Gasteiger partial charge in [-0.3, -0.25) is 4.98 Å². The van der Waals surface area contributed by atoms with Crippen molar-refractivity contribution in [3.63, 3.8) is 0 Å². The number of rotatable bonds is 3. The second-order valence-corrected chi connectivity index (χ2v) is 5.77. The monoisotopic (exact) mass is 279 g/mol. The summed E-state index contributed by atoms with van der Waals surface area (Å²) in [5.74, 6) is -0.452. The SMILES string of the molecule is CCOC(=O)c1cnc2c(n1)C(C)(C)N(OC)C2(C)C. The van der Waals surface area contributed by atoms with Crippen LogP contribution in [0, 0.1) is 0 Å². The van der Waals surface area contributed by atoms with Gasteiger partial charge in [-0.15, -0.1) is 0 Å². The Kier molecular flexibility index (Phi) is 3.56. The van der Waals surface area contributed by atoms with Crippen LogP contribution in [0.3, 0.4) is 0 Å². The van der Waals surface area contributed by atoms with Crippen LogP contribution in [0.1, 0.15) is 56.5 Å². The van der Waals surface area contributed by atoms with Gasteiger partial charge in [0.25, 0.3) is 0 Å². The number of aromatic nitrogens is 2. The number of hydrogen-bond acceptors (Lipinski definition) is 6. The molecule has 0 saturated carbocycles. The van der Waals surface area contributed by atoms with Gasteiger partial charge in [-0.1, -0.05) is 0 Å². The Labute approximate surface area is 119 Å². The lowest BCUT2D eigenvalue weighted by Gasteiger charge is -2.37. The van der Waals surface area contributed by atoms with Gasteiger partial charge in [0.1, 0.15) is 0 Å². The van der Waals surface area contributed by atoms with E-state index in [0.717, 1.165) is 11.4 Å². The molecule has 1 aromatic rings. The number of ether oxygens (including phenoxy) is 1. The summed E-state index contributed by atoms with van der Waals surface area (Å²) in [5.41, 5.74) is 0.913. The van der Waals surface area contributed by atoms with E-state index in [9.17, 15) is 4.79 Å². The fourth-order valence-corrected chi connectivity index (χ4v) is 2.91. The van der Waals surface area contributed by atoms with Gasteiger partial charge < -0.3 is 9.57 Å². The Morgan fingerprint density at radius 3 is 2.40 bits per heavy atom. The molecule has 0 aromatic carbocycles. The van der Waals surface area contributed by atoms with Gasteiger partial charge in [-0.25, -0.2) is 9.78 Å². The molecule has 6 heteroatoms. The van der Waals surface area contributed by atoms with Gasteiger partial charge >= 0.3 is 5.97 Å². The van der Waals surface area contributed by atoms with Crippen molar-refractivity contribution in [2.24, 2.45) is 0 Å². The predicted molar refractivity (Wildman–Crippen MR) is 72.9 cm³/mol. The van der Waals surface area contributed by atoms with Crippen LogP contribution in [0.25, 0.3) is 0 Å². The maximum Gasteiger partial charge on any atom is 0.358 e. The predicted octanol–water partition coefficient (Wildman–Crippen LogP) is 2.00. The van der Waals surface area contributed by atoms with E-state index < -0.39 is 17.0 Å². The molecule has 20 heavy (non-hydrogen) atoms. The van der Waals surface area contributed by atoms with Crippen molar-refractivity contribution in [2.75, 3.05) is 13.7 Å². The van der Waals surface area contributed by atoms with Crippen molar-refractivity contribution in [3.05, 3.63) is 23.3 Å². The molecule has 0 saturated heterocycles. The summed E-state index contributed by atoms with van der Waals surface area (Å²) in [6.45, 7) is 10.1. The van der Waals surface area contributed by atoms with Crippen LogP contribution < -0.4 is 0 Å². The second kappa shape index (κ2) is 4.79. The van der Waals surface area contributed by atoms with E-state index in [2.05, 4.69) is 9.97 Å². The maximum atomic E-state index is 11.8. The molecule has 0 N–H and O–H groups in total. The minimum absolute atomic E-state index is 0.229. The molecule has 0 bridgehead atoms. The maximum absolute atomic E-state index is 11.8. The molecule has 2 heterocycles. The molecule has 0 aliphatic carbocycles. The molecule has 110 valence electrons. The number of carbonyl (C=O) groups excluding carboxylic acids is 1. The number of hydrogen-bond donors (Lipinski definition) is 0. The average Bonchev–Trinajstić information content (AvgIpc) is 2.53. The van der Waals surface area contributed by atoms with Gasteiger partial charge in [-0.2, -0.15) is 5.06 Å². The third-order valence-electron chi connectivity index (χ3n) is 3.61. The third-order valence-corrected chi connectivity index (χ3v) is 3.61. The summed E-state index contributed by atoms with van der Waals surface area (Å²) in [6, 6.07) is 0. The topological polar surface area (TPSA) is 64.5 Å². The van der Waals surface area contributed by atoms with Crippen LogP contribution in [0.4, 0.5) is 0 Å². The molecule has 0 radical (unpaired) electrons. The van der Waals surface area contributed by atoms with Gasteiger partial charge in [0.05, 0.1) is 42.4 Å². The van der Waals surface area contributed by atoms with E-state index in [4.69, 9.17) is 9.57 Å². The number of carbonyl (C=O) groups is 1. The number of hydroxylamine groups is 2. The van der Waals surface area contributed by atoms with E-state index in [1.54, 1.807) is 14.0 Å². The van der Waals surface area contributed by atoms with Crippen LogP contribution in [0.15, 0.2) is 6.20 Å². The van der Waals surface area contributed by atoms with Crippen molar-refractivity contribution >= 4 is 5.97 Å². The van der Waals surface area contributed by atoms with Crippen LogP contribution in [0.5, 0.6) is 0 Å². The van der Waals surface area contributed by atoms with E-state index in [1.165, 1.54) is 6.20 Å². The molecule has 1 aliphatic rings. The highest BCUT2D eigenvalue weighted by Gasteiger charge is 2.52. The van der Waals surface area contributed by atoms with Crippen molar-refractivity contribution < 1.29 is 14.4 Å². The number of esters is 1. The average molecular weight is 279 g/mol. The Balaban J connectivity index is 2.53. The molecule has 0 atom stereocenters. The van der Waals surface area contributed by atoms with Crippen molar-refractivity contribution in [1.82, 2.24) is 15.0 Å². The summed E-state index contributed by atoms with van der Waals surface area (Å²) in [5, 5.41) is 1.85. The van der Waals surface area contributed by atoms with Crippen molar-refractivity contribution in [1.29, 1.82) is 0 Å². The first-order chi connectivity index (χ1) is 9.26. The zero-order chi connectivity index (χ0) is 15.1. The molecule has 0 amide bonds. The fourth-order valence-electron chi connectivity index (χ4n) is 2.91. The Bertz CT molecular complexity index is 540. The third kappa shape index (κ3) is 1.99. The first-order valence-electron chi connectivity index (χ1n) is 6.66. The second-order valence-electron chi connectivity index (χ2n) is 5.77. The molecule has 0 fully saturated rings. The van der Waals surface area contributed by atoms with Gasteiger partial charge in [0.2, 0.25) is 0 Å². The van der Waals surface area contributed by atoms with E-state index >= 15 is 0 Å². The lowest BCUT2D eigenvalue weighted by Crippen LogP contribution is -2.44. The first-order valence-corrected chi connectivity index (χ1v) is 6.66. The highest BCUT2D eigenvalue weighted by molar-refractivity contribution is 5.87. The van der Waals surface area contributed by atoms with Crippen LogP contribution in [-0.4, -0.2) is 34.7 Å². The smallest absolute Gasteiger partial charge is 0.358 e. The minimum Gasteiger partial charge on any atom is -0.461 e. The van der Waals surface area contributed by atoms with Crippen LogP contribution in [-0.2, 0) is 20.7 Å². The summed E-state index contributed by atoms with van der Waals surface area (Å²) in [4.78, 5) is 26.2. The Morgan fingerprint density at radius 1 is 1.25 bits per heavy atom. The molecule has 0 spiro atoms. The normalized spacial score (nSPS) is 19.7. The first kappa shape index (κ1) is 14.9. The zero-order valence-corrected chi connectivity index (χ0v) is 12.9. The van der Waals surface area contributed by atoms with Crippen LogP contribution >= 0.6 is 0 Å². The van der Waals surface area contributed by atoms with E-state index in [0.29, 0.717) is 6.61 Å². The molecule has 1 aliphatic heterocycles. The molecule has 0 unspecified atom stereocenters. The van der Waals surface area contributed by atoms with E-state index in [1.807, 2.05) is 32.8 Å². The fraction of sp³-hybridized carbons (Fsp3) is 0.643. The van der Waals surface area contributed by atoms with Gasteiger partial charge in [0.15, 0.2) is 5.69 Å². The largest absolute Gasteiger partial charge is 0.461 e. The molecular formula is C14H21N3O3. The molecular weight excluding hydrogens is 258 g/mol. The minimum atomic E-state index is -0.469. The number of fused-ring (bicyclic) bond motifs is 1. The lowest BCUT2D eigenvalue weighted by molar-refractivity contribution is -0.242. The molecule has 2 rings (SSSR count). The lowest BCUT2D eigenvalue weighted by atomic mass is 10.0. The van der Waals surface area contributed by atoms with Gasteiger partial charge in [-0.05, 0) is 34.6 Å². The summed E-state index contributed by atoms with van der Waals surface area (Å²) in [6.07, 6.45) is 1.47. The van der Waals surface area contributed by atoms with Crippen LogP contribution in [0.2, 0.25) is 0 Å². The zero-order valence-electron chi connectivity index (χ0n) is 12.9. The quantitative estimate of drug-likeness (QED) is 0.788. The van der Waals surface area contributed by atoms with Crippen molar-refractivity contribution in [3.8, 4) is 0 Å². The highest BCUT2D eigenvalue weighted by atomic mass is 16.7.